The van der Waals surface area contributed by atoms with Gasteiger partial charge in [0, 0.05) is 18.6 Å². The molecule has 0 aromatic heterocycles. The molecule has 2 unspecified atom stereocenters. The van der Waals surface area contributed by atoms with Crippen LogP contribution in [0.5, 0.6) is 0 Å². The van der Waals surface area contributed by atoms with Crippen molar-refractivity contribution in [3.63, 3.8) is 0 Å². The van der Waals surface area contributed by atoms with Crippen molar-refractivity contribution < 1.29 is 9.53 Å². The van der Waals surface area contributed by atoms with Gasteiger partial charge in [0.2, 0.25) is 0 Å². The van der Waals surface area contributed by atoms with E-state index in [0.29, 0.717) is 6.04 Å². The van der Waals surface area contributed by atoms with Crippen molar-refractivity contribution in [3.05, 3.63) is 0 Å². The average Bonchev–Trinajstić information content (AvgIpc) is 3.05. The molecule has 0 saturated heterocycles. The molecule has 2 N–H and O–H groups in total. The van der Waals surface area contributed by atoms with E-state index in [0.717, 1.165) is 18.9 Å². The second-order valence-corrected chi connectivity index (χ2v) is 6.74. The van der Waals surface area contributed by atoms with Gasteiger partial charge in [0.15, 0.2) is 0 Å². The van der Waals surface area contributed by atoms with Gasteiger partial charge in [-0.3, -0.25) is 0 Å². The van der Waals surface area contributed by atoms with Crippen molar-refractivity contribution in [1.82, 2.24) is 10.6 Å². The summed E-state index contributed by atoms with van der Waals surface area (Å²) in [6, 6.07) is 0.665. The van der Waals surface area contributed by atoms with Crippen LogP contribution >= 0.6 is 0 Å². The minimum absolute atomic E-state index is 0.136. The van der Waals surface area contributed by atoms with Crippen molar-refractivity contribution in [1.29, 1.82) is 0 Å². The molecule has 1 amide bonds. The molecular weight excluding hydrogens is 240 g/mol. The summed E-state index contributed by atoms with van der Waals surface area (Å²) >= 11 is 0. The number of ether oxygens (including phenoxy) is 1. The molecule has 0 aliphatic heterocycles. The molecule has 4 heteroatoms. The number of carbonyl (C=O) groups is 1. The van der Waals surface area contributed by atoms with Gasteiger partial charge in [0.25, 0.3) is 0 Å². The third kappa shape index (κ3) is 8.09. The standard InChI is InChI=1S/C15H30N2O2/c1-6-13(17-14(18)19-15(3,4)5)10-16-11(2)9-12-7-8-12/h11-13,16H,6-10H2,1-5H3,(H,17,18). The molecule has 0 bridgehead atoms. The minimum Gasteiger partial charge on any atom is -0.444 e. The molecule has 112 valence electrons. The first-order valence-corrected chi connectivity index (χ1v) is 7.53. The summed E-state index contributed by atoms with van der Waals surface area (Å²) < 4.78 is 5.27. The topological polar surface area (TPSA) is 50.4 Å². The summed E-state index contributed by atoms with van der Waals surface area (Å²) in [6.07, 6.45) is 4.61. The Morgan fingerprint density at radius 1 is 1.37 bits per heavy atom. The largest absolute Gasteiger partial charge is 0.444 e. The maximum absolute atomic E-state index is 11.7. The van der Waals surface area contributed by atoms with Crippen molar-refractivity contribution >= 4 is 6.09 Å². The summed E-state index contributed by atoms with van der Waals surface area (Å²) in [7, 11) is 0. The summed E-state index contributed by atoms with van der Waals surface area (Å²) in [5, 5.41) is 6.43. The molecule has 1 fully saturated rings. The van der Waals surface area contributed by atoms with Gasteiger partial charge in [-0.1, -0.05) is 19.8 Å². The fourth-order valence-electron chi connectivity index (χ4n) is 2.05. The van der Waals surface area contributed by atoms with Crippen molar-refractivity contribution in [3.8, 4) is 0 Å². The van der Waals surface area contributed by atoms with E-state index in [1.807, 2.05) is 20.8 Å². The van der Waals surface area contributed by atoms with E-state index in [1.54, 1.807) is 0 Å². The zero-order valence-corrected chi connectivity index (χ0v) is 13.1. The van der Waals surface area contributed by atoms with Gasteiger partial charge in [0.1, 0.15) is 5.60 Å². The van der Waals surface area contributed by atoms with Crippen LogP contribution in [0.2, 0.25) is 0 Å². The van der Waals surface area contributed by atoms with Crippen molar-refractivity contribution in [2.24, 2.45) is 5.92 Å². The van der Waals surface area contributed by atoms with Crippen LogP contribution in [-0.2, 0) is 4.74 Å². The normalized spacial score (nSPS) is 18.8. The van der Waals surface area contributed by atoms with Crippen LogP contribution < -0.4 is 10.6 Å². The van der Waals surface area contributed by atoms with E-state index in [-0.39, 0.29) is 12.1 Å². The lowest BCUT2D eigenvalue weighted by Crippen LogP contribution is -2.45. The predicted octanol–water partition coefficient (Wildman–Crippen LogP) is 3.07. The van der Waals surface area contributed by atoms with Crippen LogP contribution in [0, 0.1) is 5.92 Å². The molecule has 1 aliphatic rings. The number of carbonyl (C=O) groups excluding carboxylic acids is 1. The SMILES string of the molecule is CCC(CNC(C)CC1CC1)NC(=O)OC(C)(C)C. The number of nitrogens with one attached hydrogen (secondary N) is 2. The molecule has 0 spiro atoms. The molecule has 2 atom stereocenters. The highest BCUT2D eigenvalue weighted by molar-refractivity contribution is 5.68. The number of amides is 1. The summed E-state index contributed by atoms with van der Waals surface area (Å²) in [4.78, 5) is 11.7. The highest BCUT2D eigenvalue weighted by Crippen LogP contribution is 2.33. The molecule has 1 aliphatic carbocycles. The molecule has 1 rings (SSSR count). The van der Waals surface area contributed by atoms with Crippen molar-refractivity contribution in [2.75, 3.05) is 6.54 Å². The van der Waals surface area contributed by atoms with E-state index in [1.165, 1.54) is 19.3 Å². The quantitative estimate of drug-likeness (QED) is 0.747. The van der Waals surface area contributed by atoms with Crippen LogP contribution in [0.15, 0.2) is 0 Å². The van der Waals surface area contributed by atoms with Gasteiger partial charge in [0.05, 0.1) is 0 Å². The Hall–Kier alpha value is -0.770. The minimum atomic E-state index is -0.435. The maximum Gasteiger partial charge on any atom is 0.407 e. The Morgan fingerprint density at radius 2 is 2.00 bits per heavy atom. The fourth-order valence-corrected chi connectivity index (χ4v) is 2.05. The van der Waals surface area contributed by atoms with E-state index in [4.69, 9.17) is 4.74 Å². The van der Waals surface area contributed by atoms with Crippen LogP contribution in [0.25, 0.3) is 0 Å². The van der Waals surface area contributed by atoms with E-state index >= 15 is 0 Å². The third-order valence-electron chi connectivity index (χ3n) is 3.31. The van der Waals surface area contributed by atoms with Gasteiger partial charge in [-0.05, 0) is 46.5 Å². The summed E-state index contributed by atoms with van der Waals surface area (Å²) in [5.41, 5.74) is -0.435. The third-order valence-corrected chi connectivity index (χ3v) is 3.31. The molecule has 0 aromatic carbocycles. The van der Waals surface area contributed by atoms with Gasteiger partial charge < -0.3 is 15.4 Å². The molecule has 19 heavy (non-hydrogen) atoms. The lowest BCUT2D eigenvalue weighted by atomic mass is 10.1. The van der Waals surface area contributed by atoms with Gasteiger partial charge in [-0.2, -0.15) is 0 Å². The van der Waals surface area contributed by atoms with Crippen molar-refractivity contribution in [2.45, 2.75) is 78.0 Å². The van der Waals surface area contributed by atoms with E-state index in [9.17, 15) is 4.79 Å². The smallest absolute Gasteiger partial charge is 0.407 e. The average molecular weight is 270 g/mol. The molecule has 0 radical (unpaired) electrons. The van der Waals surface area contributed by atoms with E-state index in [2.05, 4.69) is 24.5 Å². The monoisotopic (exact) mass is 270 g/mol. The Kier molecular flexibility index (Phi) is 6.11. The Balaban J connectivity index is 2.22. The molecule has 0 aromatic rings. The predicted molar refractivity (Wildman–Crippen MR) is 78.3 cm³/mol. The fraction of sp³-hybridized carbons (Fsp3) is 0.933. The van der Waals surface area contributed by atoms with Crippen LogP contribution in [-0.4, -0.2) is 30.3 Å². The zero-order chi connectivity index (χ0) is 14.5. The number of rotatable bonds is 7. The molecule has 0 heterocycles. The van der Waals surface area contributed by atoms with Gasteiger partial charge in [-0.15, -0.1) is 0 Å². The highest BCUT2D eigenvalue weighted by Gasteiger charge is 2.24. The molecular formula is C15H30N2O2. The zero-order valence-electron chi connectivity index (χ0n) is 13.1. The second kappa shape index (κ2) is 7.13. The first kappa shape index (κ1) is 16.3. The second-order valence-electron chi connectivity index (χ2n) is 6.74. The summed E-state index contributed by atoms with van der Waals surface area (Å²) in [5.74, 6) is 0.932. The maximum atomic E-state index is 11.7. The number of hydrogen-bond acceptors (Lipinski definition) is 3. The number of alkyl carbamates (subject to hydrolysis) is 1. The molecule has 1 saturated carbocycles. The lowest BCUT2D eigenvalue weighted by Gasteiger charge is -2.24. The first-order chi connectivity index (χ1) is 8.80. The van der Waals surface area contributed by atoms with Gasteiger partial charge in [-0.25, -0.2) is 4.79 Å². The lowest BCUT2D eigenvalue weighted by molar-refractivity contribution is 0.0502. The van der Waals surface area contributed by atoms with Gasteiger partial charge >= 0.3 is 6.09 Å². The Morgan fingerprint density at radius 3 is 2.47 bits per heavy atom. The number of hydrogen-bond donors (Lipinski definition) is 2. The van der Waals surface area contributed by atoms with Crippen LogP contribution in [0.4, 0.5) is 4.79 Å². The Bertz CT molecular complexity index is 282. The van der Waals surface area contributed by atoms with Crippen LogP contribution in [0.3, 0.4) is 0 Å². The Labute approximate surface area is 117 Å². The molecule has 4 nitrogen and oxygen atoms in total. The highest BCUT2D eigenvalue weighted by atomic mass is 16.6. The van der Waals surface area contributed by atoms with Crippen LogP contribution in [0.1, 0.15) is 60.3 Å². The van der Waals surface area contributed by atoms with E-state index < -0.39 is 5.60 Å². The first-order valence-electron chi connectivity index (χ1n) is 7.53. The summed E-state index contributed by atoms with van der Waals surface area (Å²) in [6.45, 7) is 10.7.